The van der Waals surface area contributed by atoms with Crippen LogP contribution in [0.1, 0.15) is 16.7 Å². The maximum atomic E-state index is 6.66. The smallest absolute Gasteiger partial charge is 0.147 e. The average molecular weight is 646 g/mol. The summed E-state index contributed by atoms with van der Waals surface area (Å²) in [6.45, 7) is 6.52. The Labute approximate surface area is 287 Å². The minimum absolute atomic E-state index is 0.734. The van der Waals surface area contributed by atoms with Gasteiger partial charge in [-0.25, -0.2) is 15.0 Å². The number of aromatic nitrogens is 5. The molecule has 5 aromatic carbocycles. The Hall–Kier alpha value is -6.53. The monoisotopic (exact) mass is 645 g/mol. The number of hydrogen-bond donors (Lipinski definition) is 0. The van der Waals surface area contributed by atoms with Crippen molar-refractivity contribution in [3.63, 3.8) is 0 Å². The molecular formula is C44H31N5O. The third-order valence-electron chi connectivity index (χ3n) is 9.91. The molecule has 50 heavy (non-hydrogen) atoms. The number of fused-ring (bicyclic) bond motifs is 12. The van der Waals surface area contributed by atoms with Crippen molar-refractivity contribution in [2.24, 2.45) is 0 Å². The Morgan fingerprint density at radius 2 is 1.24 bits per heavy atom. The Kier molecular flexibility index (Phi) is 6.12. The summed E-state index contributed by atoms with van der Waals surface area (Å²) >= 11 is 0. The molecule has 10 aromatic rings. The summed E-state index contributed by atoms with van der Waals surface area (Å²) in [7, 11) is 0. The Bertz CT molecular complexity index is 2970. The Morgan fingerprint density at radius 1 is 0.560 bits per heavy atom. The van der Waals surface area contributed by atoms with Crippen LogP contribution in [0.25, 0.3) is 77.3 Å². The second-order valence-corrected chi connectivity index (χ2v) is 13.2. The highest BCUT2D eigenvalue weighted by atomic mass is 16.5. The molecule has 0 aliphatic carbocycles. The fraction of sp³-hybridized carbons (Fsp3) is 0.0682. The van der Waals surface area contributed by atoms with Crippen LogP contribution in [0, 0.1) is 20.8 Å². The largest absolute Gasteiger partial charge is 0.457 e. The number of rotatable bonds is 4. The van der Waals surface area contributed by atoms with Crippen LogP contribution >= 0.6 is 0 Å². The minimum atomic E-state index is 0.734. The van der Waals surface area contributed by atoms with E-state index in [0.717, 1.165) is 77.8 Å². The van der Waals surface area contributed by atoms with Crippen molar-refractivity contribution in [3.05, 3.63) is 151 Å². The molecule has 6 nitrogen and oxygen atoms in total. The summed E-state index contributed by atoms with van der Waals surface area (Å²) < 4.78 is 11.1. The van der Waals surface area contributed by atoms with Gasteiger partial charge in [-0.05, 0) is 97.3 Å². The molecule has 0 saturated carbocycles. The van der Waals surface area contributed by atoms with E-state index in [0.29, 0.717) is 0 Å². The summed E-state index contributed by atoms with van der Waals surface area (Å²) in [6.07, 6.45) is 5.92. The standard InChI is InChI=1S/C44H31N5O/c1-26-20-27(2)41(28(3)21-26)40-24-46-43-36-22-30(15-17-32(36)34-12-7-8-14-39(34)49(40)43)50-31-16-18-33-35-13-9-19-45-42(35)48-25-38(29-10-5-4-6-11-29)47-44(48)37(33)23-31/h4-25H,1-3H3. The van der Waals surface area contributed by atoms with Crippen LogP contribution in [0.3, 0.4) is 0 Å². The van der Waals surface area contributed by atoms with Crippen LogP contribution in [0.5, 0.6) is 11.5 Å². The SMILES string of the molecule is Cc1cc(C)c(-c2cnc3c4cc(Oc5ccc6c7cccnc7n7cc(-c8ccccc8)nc7c6c5)ccc4c4ccccc4n23)c(C)c1. The summed E-state index contributed by atoms with van der Waals surface area (Å²) in [5, 5.41) is 6.49. The Balaban J connectivity index is 1.15. The fourth-order valence-corrected chi connectivity index (χ4v) is 7.87. The molecule has 0 radical (unpaired) electrons. The first-order chi connectivity index (χ1) is 24.5. The summed E-state index contributed by atoms with van der Waals surface area (Å²) in [6, 6.07) is 40.0. The van der Waals surface area contributed by atoms with E-state index in [-0.39, 0.29) is 0 Å². The second-order valence-electron chi connectivity index (χ2n) is 13.2. The number of imidazole rings is 2. The van der Waals surface area contributed by atoms with Gasteiger partial charge in [-0.3, -0.25) is 8.80 Å². The lowest BCUT2D eigenvalue weighted by Gasteiger charge is -2.15. The molecule has 0 atom stereocenters. The van der Waals surface area contributed by atoms with E-state index in [4.69, 9.17) is 19.7 Å². The van der Waals surface area contributed by atoms with Gasteiger partial charge in [0.2, 0.25) is 0 Å². The number of aryl methyl sites for hydroxylation is 3. The number of ether oxygens (including phenoxy) is 1. The molecular weight excluding hydrogens is 615 g/mol. The lowest BCUT2D eigenvalue weighted by Crippen LogP contribution is -1.97. The van der Waals surface area contributed by atoms with Crippen LogP contribution in [-0.4, -0.2) is 23.8 Å². The lowest BCUT2D eigenvalue weighted by molar-refractivity contribution is 0.484. The zero-order valence-corrected chi connectivity index (χ0v) is 27.8. The molecule has 0 aliphatic heterocycles. The van der Waals surface area contributed by atoms with Gasteiger partial charge in [-0.2, -0.15) is 0 Å². The van der Waals surface area contributed by atoms with E-state index < -0.39 is 0 Å². The molecule has 0 bridgehead atoms. The normalized spacial score (nSPS) is 11.9. The minimum Gasteiger partial charge on any atom is -0.457 e. The topological polar surface area (TPSA) is 56.7 Å². The van der Waals surface area contributed by atoms with Gasteiger partial charge in [-0.15, -0.1) is 0 Å². The van der Waals surface area contributed by atoms with Gasteiger partial charge >= 0.3 is 0 Å². The van der Waals surface area contributed by atoms with Gasteiger partial charge in [0.15, 0.2) is 0 Å². The molecule has 0 N–H and O–H groups in total. The molecule has 5 heterocycles. The van der Waals surface area contributed by atoms with Crippen LogP contribution in [0.2, 0.25) is 0 Å². The first kappa shape index (κ1) is 28.5. The van der Waals surface area contributed by atoms with Crippen LogP contribution < -0.4 is 4.74 Å². The average Bonchev–Trinajstić information content (AvgIpc) is 3.78. The molecule has 0 amide bonds. The first-order valence-electron chi connectivity index (χ1n) is 16.8. The van der Waals surface area contributed by atoms with Crippen molar-refractivity contribution in [2.75, 3.05) is 0 Å². The number of para-hydroxylation sites is 1. The van der Waals surface area contributed by atoms with Gasteiger partial charge in [0.25, 0.3) is 0 Å². The van der Waals surface area contributed by atoms with E-state index in [1.54, 1.807) is 0 Å². The van der Waals surface area contributed by atoms with E-state index in [9.17, 15) is 0 Å². The molecule has 10 rings (SSSR count). The van der Waals surface area contributed by atoms with Crippen LogP contribution in [-0.2, 0) is 0 Å². The van der Waals surface area contributed by atoms with Gasteiger partial charge in [-0.1, -0.05) is 66.2 Å². The third kappa shape index (κ3) is 4.25. The van der Waals surface area contributed by atoms with E-state index in [1.165, 1.54) is 27.6 Å². The number of hydrogen-bond acceptors (Lipinski definition) is 4. The van der Waals surface area contributed by atoms with Crippen molar-refractivity contribution < 1.29 is 4.74 Å². The molecule has 0 saturated heterocycles. The van der Waals surface area contributed by atoms with Gasteiger partial charge in [0.1, 0.15) is 28.4 Å². The van der Waals surface area contributed by atoms with Crippen molar-refractivity contribution in [3.8, 4) is 34.0 Å². The van der Waals surface area contributed by atoms with E-state index in [2.05, 4.69) is 121 Å². The Morgan fingerprint density at radius 3 is 2.02 bits per heavy atom. The highest BCUT2D eigenvalue weighted by Gasteiger charge is 2.19. The highest BCUT2D eigenvalue weighted by molar-refractivity contribution is 6.13. The quantitative estimate of drug-likeness (QED) is 0.179. The summed E-state index contributed by atoms with van der Waals surface area (Å²) in [5.41, 5.74) is 11.8. The maximum Gasteiger partial charge on any atom is 0.147 e. The predicted octanol–water partition coefficient (Wildman–Crippen LogP) is 11.0. The van der Waals surface area contributed by atoms with Crippen molar-refractivity contribution in [1.82, 2.24) is 23.8 Å². The van der Waals surface area contributed by atoms with Crippen molar-refractivity contribution in [2.45, 2.75) is 20.8 Å². The van der Waals surface area contributed by atoms with Gasteiger partial charge < -0.3 is 4.74 Å². The third-order valence-corrected chi connectivity index (χ3v) is 9.91. The molecule has 0 fully saturated rings. The van der Waals surface area contributed by atoms with Gasteiger partial charge in [0.05, 0.1) is 23.1 Å². The number of pyridine rings is 3. The molecule has 0 aliphatic rings. The highest BCUT2D eigenvalue weighted by Crippen LogP contribution is 2.39. The first-order valence-corrected chi connectivity index (χ1v) is 16.8. The molecule has 5 aromatic heterocycles. The zero-order valence-electron chi connectivity index (χ0n) is 27.8. The number of benzene rings is 5. The van der Waals surface area contributed by atoms with Crippen LogP contribution in [0.15, 0.2) is 134 Å². The molecule has 6 heteroatoms. The second kappa shape index (κ2) is 10.7. The van der Waals surface area contributed by atoms with Gasteiger partial charge in [0, 0.05) is 45.1 Å². The summed E-state index contributed by atoms with van der Waals surface area (Å²) in [4.78, 5) is 14.9. The predicted molar refractivity (Wildman–Crippen MR) is 203 cm³/mol. The molecule has 0 unspecified atom stereocenters. The molecule has 238 valence electrons. The van der Waals surface area contributed by atoms with Crippen molar-refractivity contribution in [1.29, 1.82) is 0 Å². The van der Waals surface area contributed by atoms with E-state index >= 15 is 0 Å². The van der Waals surface area contributed by atoms with E-state index in [1.807, 2.05) is 42.7 Å². The van der Waals surface area contributed by atoms with Crippen LogP contribution in [0.4, 0.5) is 0 Å². The zero-order chi connectivity index (χ0) is 33.5. The van der Waals surface area contributed by atoms with Crippen molar-refractivity contribution >= 4 is 54.8 Å². The number of nitrogens with zero attached hydrogens (tertiary/aromatic N) is 5. The molecule has 0 spiro atoms. The maximum absolute atomic E-state index is 6.66. The fourth-order valence-electron chi connectivity index (χ4n) is 7.87. The lowest BCUT2D eigenvalue weighted by atomic mass is 9.97. The summed E-state index contributed by atoms with van der Waals surface area (Å²) in [5.74, 6) is 1.48.